The van der Waals surface area contributed by atoms with Crippen LogP contribution in [0.2, 0.25) is 5.02 Å². The van der Waals surface area contributed by atoms with Gasteiger partial charge in [-0.1, -0.05) is 17.7 Å². The van der Waals surface area contributed by atoms with Gasteiger partial charge in [0.15, 0.2) is 0 Å². The SMILES string of the molecule is COCC1CCN(Cc2ccc(C(=O)O)cc2Cl)C1. The van der Waals surface area contributed by atoms with Crippen LogP contribution in [-0.2, 0) is 11.3 Å². The molecule has 2 rings (SSSR count). The highest BCUT2D eigenvalue weighted by atomic mass is 35.5. The van der Waals surface area contributed by atoms with E-state index in [0.717, 1.165) is 38.2 Å². The summed E-state index contributed by atoms with van der Waals surface area (Å²) in [6, 6.07) is 4.92. The number of rotatable bonds is 5. The van der Waals surface area contributed by atoms with E-state index in [1.165, 1.54) is 6.07 Å². The zero-order valence-electron chi connectivity index (χ0n) is 10.9. The summed E-state index contributed by atoms with van der Waals surface area (Å²) in [6.45, 7) is 3.59. The van der Waals surface area contributed by atoms with E-state index in [9.17, 15) is 4.79 Å². The van der Waals surface area contributed by atoms with Crippen LogP contribution >= 0.6 is 11.6 Å². The average molecular weight is 284 g/mol. The second kappa shape index (κ2) is 6.37. The van der Waals surface area contributed by atoms with Gasteiger partial charge in [-0.15, -0.1) is 0 Å². The fourth-order valence-electron chi connectivity index (χ4n) is 2.48. The van der Waals surface area contributed by atoms with Crippen molar-refractivity contribution in [3.63, 3.8) is 0 Å². The van der Waals surface area contributed by atoms with E-state index in [1.54, 1.807) is 19.2 Å². The first-order chi connectivity index (χ1) is 9.10. The molecule has 0 radical (unpaired) electrons. The fraction of sp³-hybridized carbons (Fsp3) is 0.500. The van der Waals surface area contributed by atoms with Gasteiger partial charge in [-0.25, -0.2) is 4.79 Å². The number of carbonyl (C=O) groups is 1. The molecule has 1 unspecified atom stereocenters. The molecule has 1 fully saturated rings. The van der Waals surface area contributed by atoms with E-state index in [-0.39, 0.29) is 5.56 Å². The van der Waals surface area contributed by atoms with E-state index >= 15 is 0 Å². The van der Waals surface area contributed by atoms with Crippen molar-refractivity contribution in [1.29, 1.82) is 0 Å². The molecule has 5 heteroatoms. The minimum Gasteiger partial charge on any atom is -0.478 e. The largest absolute Gasteiger partial charge is 0.478 e. The minimum absolute atomic E-state index is 0.229. The summed E-state index contributed by atoms with van der Waals surface area (Å²) in [5.41, 5.74) is 1.21. The Bertz CT molecular complexity index is 464. The number of benzene rings is 1. The number of halogens is 1. The number of nitrogens with zero attached hydrogens (tertiary/aromatic N) is 1. The monoisotopic (exact) mass is 283 g/mol. The third kappa shape index (κ3) is 3.69. The molecule has 1 aliphatic rings. The van der Waals surface area contributed by atoms with Crippen LogP contribution < -0.4 is 0 Å². The van der Waals surface area contributed by atoms with E-state index in [2.05, 4.69) is 4.90 Å². The average Bonchev–Trinajstić information content (AvgIpc) is 2.79. The third-order valence-corrected chi connectivity index (χ3v) is 3.82. The summed E-state index contributed by atoms with van der Waals surface area (Å²) < 4.78 is 5.17. The molecule has 0 amide bonds. The summed E-state index contributed by atoms with van der Waals surface area (Å²) in [5, 5.41) is 9.42. The maximum Gasteiger partial charge on any atom is 0.335 e. The molecule has 0 aliphatic carbocycles. The van der Waals surface area contributed by atoms with E-state index < -0.39 is 5.97 Å². The topological polar surface area (TPSA) is 49.8 Å². The van der Waals surface area contributed by atoms with Gasteiger partial charge in [-0.3, -0.25) is 4.90 Å². The Morgan fingerprint density at radius 2 is 2.37 bits per heavy atom. The lowest BCUT2D eigenvalue weighted by atomic mass is 10.1. The van der Waals surface area contributed by atoms with Gasteiger partial charge in [0, 0.05) is 25.2 Å². The van der Waals surface area contributed by atoms with Gasteiger partial charge in [-0.05, 0) is 36.6 Å². The molecule has 0 spiro atoms. The number of ether oxygens (including phenoxy) is 1. The van der Waals surface area contributed by atoms with Crippen molar-refractivity contribution in [2.75, 3.05) is 26.8 Å². The van der Waals surface area contributed by atoms with Crippen molar-refractivity contribution < 1.29 is 14.6 Å². The molecule has 1 aromatic rings. The maximum absolute atomic E-state index is 10.8. The number of likely N-dealkylation sites (tertiary alicyclic amines) is 1. The first-order valence-electron chi connectivity index (χ1n) is 6.33. The van der Waals surface area contributed by atoms with Crippen LogP contribution in [0.15, 0.2) is 18.2 Å². The summed E-state index contributed by atoms with van der Waals surface area (Å²) >= 11 is 6.13. The lowest BCUT2D eigenvalue weighted by Crippen LogP contribution is -2.21. The molecular weight excluding hydrogens is 266 g/mol. The predicted octanol–water partition coefficient (Wildman–Crippen LogP) is 2.51. The molecular formula is C14H18ClNO3. The lowest BCUT2D eigenvalue weighted by Gasteiger charge is -2.17. The van der Waals surface area contributed by atoms with E-state index in [1.807, 2.05) is 0 Å². The Kier molecular flexibility index (Phi) is 4.80. The Morgan fingerprint density at radius 1 is 1.58 bits per heavy atom. The van der Waals surface area contributed by atoms with Gasteiger partial charge in [-0.2, -0.15) is 0 Å². The fourth-order valence-corrected chi connectivity index (χ4v) is 2.72. The molecule has 1 aliphatic heterocycles. The number of hydrogen-bond donors (Lipinski definition) is 1. The normalized spacial score (nSPS) is 19.8. The lowest BCUT2D eigenvalue weighted by molar-refractivity contribution is 0.0697. The predicted molar refractivity (Wildman–Crippen MR) is 73.7 cm³/mol. The molecule has 0 bridgehead atoms. The molecule has 4 nitrogen and oxygen atoms in total. The van der Waals surface area contributed by atoms with Crippen LogP contribution in [-0.4, -0.2) is 42.8 Å². The summed E-state index contributed by atoms with van der Waals surface area (Å²) in [5.74, 6) is -0.364. The van der Waals surface area contributed by atoms with Gasteiger partial charge >= 0.3 is 5.97 Å². The third-order valence-electron chi connectivity index (χ3n) is 3.47. The van der Waals surface area contributed by atoms with Gasteiger partial charge in [0.05, 0.1) is 12.2 Å². The van der Waals surface area contributed by atoms with Crippen molar-refractivity contribution in [2.24, 2.45) is 5.92 Å². The Labute approximate surface area is 117 Å². The molecule has 0 aromatic heterocycles. The zero-order valence-corrected chi connectivity index (χ0v) is 11.7. The van der Waals surface area contributed by atoms with Gasteiger partial charge in [0.1, 0.15) is 0 Å². The van der Waals surface area contributed by atoms with Crippen molar-refractivity contribution >= 4 is 17.6 Å². The minimum atomic E-state index is -0.949. The first-order valence-corrected chi connectivity index (χ1v) is 6.71. The highest BCUT2D eigenvalue weighted by Crippen LogP contribution is 2.23. The summed E-state index contributed by atoms with van der Waals surface area (Å²) in [7, 11) is 1.73. The smallest absolute Gasteiger partial charge is 0.335 e. The molecule has 1 saturated heterocycles. The van der Waals surface area contributed by atoms with Crippen molar-refractivity contribution in [1.82, 2.24) is 4.90 Å². The second-order valence-corrected chi connectivity index (χ2v) is 5.36. The summed E-state index contributed by atoms with van der Waals surface area (Å²) in [4.78, 5) is 13.2. The molecule has 1 aromatic carbocycles. The molecule has 104 valence electrons. The second-order valence-electron chi connectivity index (χ2n) is 4.96. The zero-order chi connectivity index (χ0) is 13.8. The van der Waals surface area contributed by atoms with Crippen LogP contribution in [0.3, 0.4) is 0 Å². The van der Waals surface area contributed by atoms with Crippen LogP contribution in [0, 0.1) is 5.92 Å². The first kappa shape index (κ1) is 14.3. The van der Waals surface area contributed by atoms with Crippen molar-refractivity contribution in [3.8, 4) is 0 Å². The van der Waals surface area contributed by atoms with Crippen LogP contribution in [0.5, 0.6) is 0 Å². The van der Waals surface area contributed by atoms with Crippen LogP contribution in [0.25, 0.3) is 0 Å². The Balaban J connectivity index is 1.98. The molecule has 19 heavy (non-hydrogen) atoms. The number of carboxylic acids is 1. The summed E-state index contributed by atoms with van der Waals surface area (Å²) in [6.07, 6.45) is 1.14. The Hall–Kier alpha value is -1.10. The van der Waals surface area contributed by atoms with Crippen LogP contribution in [0.1, 0.15) is 22.3 Å². The van der Waals surface area contributed by atoms with Crippen LogP contribution in [0.4, 0.5) is 0 Å². The number of methoxy groups -OCH3 is 1. The number of carboxylic acid groups (broad SMARTS) is 1. The quantitative estimate of drug-likeness (QED) is 0.902. The van der Waals surface area contributed by atoms with Gasteiger partial charge in [0.2, 0.25) is 0 Å². The van der Waals surface area contributed by atoms with Crippen molar-refractivity contribution in [2.45, 2.75) is 13.0 Å². The maximum atomic E-state index is 10.8. The molecule has 1 atom stereocenters. The van der Waals surface area contributed by atoms with E-state index in [4.69, 9.17) is 21.4 Å². The highest BCUT2D eigenvalue weighted by molar-refractivity contribution is 6.31. The number of hydrogen-bond acceptors (Lipinski definition) is 3. The molecule has 1 N–H and O–H groups in total. The molecule has 1 heterocycles. The highest BCUT2D eigenvalue weighted by Gasteiger charge is 2.22. The molecule has 0 saturated carbocycles. The number of aromatic carboxylic acids is 1. The van der Waals surface area contributed by atoms with Gasteiger partial charge < -0.3 is 9.84 Å². The standard InChI is InChI=1S/C14H18ClNO3/c1-19-9-10-4-5-16(7-10)8-12-3-2-11(14(17)18)6-13(12)15/h2-3,6,10H,4-5,7-9H2,1H3,(H,17,18). The van der Waals surface area contributed by atoms with Gasteiger partial charge in [0.25, 0.3) is 0 Å². The van der Waals surface area contributed by atoms with Crippen molar-refractivity contribution in [3.05, 3.63) is 34.3 Å². The van der Waals surface area contributed by atoms with E-state index in [0.29, 0.717) is 10.9 Å². The Morgan fingerprint density at radius 3 is 3.00 bits per heavy atom.